The molecule has 0 unspecified atom stereocenters. The first-order valence-corrected chi connectivity index (χ1v) is 7.59. The van der Waals surface area contributed by atoms with Gasteiger partial charge in [-0.1, -0.05) is 12.8 Å². The second kappa shape index (κ2) is 7.93. The van der Waals surface area contributed by atoms with Gasteiger partial charge in [0, 0.05) is 24.8 Å². The summed E-state index contributed by atoms with van der Waals surface area (Å²) in [4.78, 5) is 22.2. The van der Waals surface area contributed by atoms with Gasteiger partial charge in [-0.15, -0.1) is 0 Å². The van der Waals surface area contributed by atoms with E-state index in [9.17, 15) is 4.79 Å². The maximum Gasteiger partial charge on any atom is 0.376 e. The highest BCUT2D eigenvalue weighted by molar-refractivity contribution is 5.85. The molecule has 0 aromatic carbocycles. The third-order valence-electron chi connectivity index (χ3n) is 3.66. The first-order valence-electron chi connectivity index (χ1n) is 7.59. The van der Waals surface area contributed by atoms with Crippen molar-refractivity contribution in [3.8, 4) is 0 Å². The SMILES string of the molecule is COC(=O)c1nc(C)cc(NCCN2CCCCCC2)n1. The Balaban J connectivity index is 1.87. The third-order valence-corrected chi connectivity index (χ3v) is 3.66. The highest BCUT2D eigenvalue weighted by Gasteiger charge is 2.12. The van der Waals surface area contributed by atoms with Crippen LogP contribution < -0.4 is 5.32 Å². The number of aryl methyl sites for hydroxylation is 1. The van der Waals surface area contributed by atoms with Crippen LogP contribution in [0, 0.1) is 6.92 Å². The Morgan fingerprint density at radius 1 is 1.29 bits per heavy atom. The average Bonchev–Trinajstić information content (AvgIpc) is 2.74. The molecule has 1 saturated heterocycles. The lowest BCUT2D eigenvalue weighted by atomic mass is 10.2. The summed E-state index contributed by atoms with van der Waals surface area (Å²) in [7, 11) is 1.33. The minimum Gasteiger partial charge on any atom is -0.463 e. The van der Waals surface area contributed by atoms with Crippen molar-refractivity contribution in [1.82, 2.24) is 14.9 Å². The number of aromatic nitrogens is 2. The Labute approximate surface area is 125 Å². The first kappa shape index (κ1) is 15.7. The summed E-state index contributed by atoms with van der Waals surface area (Å²) < 4.78 is 4.66. The van der Waals surface area contributed by atoms with E-state index in [4.69, 9.17) is 0 Å². The Morgan fingerprint density at radius 3 is 2.67 bits per heavy atom. The molecule has 0 bridgehead atoms. The van der Waals surface area contributed by atoms with Crippen molar-refractivity contribution in [2.24, 2.45) is 0 Å². The van der Waals surface area contributed by atoms with E-state index in [-0.39, 0.29) is 5.82 Å². The van der Waals surface area contributed by atoms with Gasteiger partial charge in [-0.2, -0.15) is 0 Å². The number of anilines is 1. The fraction of sp³-hybridized carbons (Fsp3) is 0.667. The summed E-state index contributed by atoms with van der Waals surface area (Å²) in [5.41, 5.74) is 0.752. The second-order valence-electron chi connectivity index (χ2n) is 5.39. The number of rotatable bonds is 5. The number of nitrogens with zero attached hydrogens (tertiary/aromatic N) is 3. The molecule has 1 aromatic heterocycles. The van der Waals surface area contributed by atoms with Crippen LogP contribution in [0.5, 0.6) is 0 Å². The van der Waals surface area contributed by atoms with Gasteiger partial charge in [-0.05, 0) is 32.9 Å². The van der Waals surface area contributed by atoms with Gasteiger partial charge in [0.25, 0.3) is 0 Å². The number of carbonyl (C=O) groups is 1. The molecule has 0 radical (unpaired) electrons. The van der Waals surface area contributed by atoms with Crippen LogP contribution in [0.2, 0.25) is 0 Å². The molecule has 0 spiro atoms. The van der Waals surface area contributed by atoms with Gasteiger partial charge in [0.05, 0.1) is 7.11 Å². The van der Waals surface area contributed by atoms with E-state index in [1.807, 2.05) is 13.0 Å². The molecule has 1 aromatic rings. The van der Waals surface area contributed by atoms with Crippen LogP contribution in [0.1, 0.15) is 42.0 Å². The fourth-order valence-corrected chi connectivity index (χ4v) is 2.54. The van der Waals surface area contributed by atoms with Gasteiger partial charge in [-0.25, -0.2) is 14.8 Å². The lowest BCUT2D eigenvalue weighted by molar-refractivity contribution is 0.0586. The second-order valence-corrected chi connectivity index (χ2v) is 5.39. The molecule has 1 aliphatic rings. The van der Waals surface area contributed by atoms with Gasteiger partial charge in [-0.3, -0.25) is 0 Å². The van der Waals surface area contributed by atoms with Crippen LogP contribution in [0.3, 0.4) is 0 Å². The molecule has 0 atom stereocenters. The Morgan fingerprint density at radius 2 is 2.00 bits per heavy atom. The number of likely N-dealkylation sites (tertiary alicyclic amines) is 1. The maximum atomic E-state index is 11.5. The minimum absolute atomic E-state index is 0.106. The van der Waals surface area contributed by atoms with Crippen molar-refractivity contribution >= 4 is 11.8 Å². The lowest BCUT2D eigenvalue weighted by Gasteiger charge is -2.20. The lowest BCUT2D eigenvalue weighted by Crippen LogP contribution is -2.30. The van der Waals surface area contributed by atoms with Crippen LogP contribution in [0.15, 0.2) is 6.07 Å². The zero-order chi connectivity index (χ0) is 15.1. The molecule has 2 heterocycles. The van der Waals surface area contributed by atoms with Crippen molar-refractivity contribution in [3.05, 3.63) is 17.6 Å². The van der Waals surface area contributed by atoms with Crippen LogP contribution in [-0.2, 0) is 4.74 Å². The summed E-state index contributed by atoms with van der Waals surface area (Å²) in [5.74, 6) is 0.279. The van der Waals surface area contributed by atoms with Crippen LogP contribution >= 0.6 is 0 Å². The highest BCUT2D eigenvalue weighted by atomic mass is 16.5. The molecule has 2 rings (SSSR count). The smallest absolute Gasteiger partial charge is 0.376 e. The zero-order valence-electron chi connectivity index (χ0n) is 12.9. The summed E-state index contributed by atoms with van der Waals surface area (Å²) in [6.45, 7) is 6.01. The quantitative estimate of drug-likeness (QED) is 0.836. The molecule has 1 N–H and O–H groups in total. The zero-order valence-corrected chi connectivity index (χ0v) is 12.9. The van der Waals surface area contributed by atoms with Crippen LogP contribution in [0.4, 0.5) is 5.82 Å². The number of methoxy groups -OCH3 is 1. The van der Waals surface area contributed by atoms with Gasteiger partial charge in [0.1, 0.15) is 5.82 Å². The number of hydrogen-bond donors (Lipinski definition) is 1. The number of carbonyl (C=O) groups excluding carboxylic acids is 1. The van der Waals surface area contributed by atoms with Crippen molar-refractivity contribution in [2.75, 3.05) is 38.6 Å². The molecule has 1 fully saturated rings. The summed E-state index contributed by atoms with van der Waals surface area (Å²) in [6.07, 6.45) is 5.27. The Kier molecular flexibility index (Phi) is 5.92. The predicted octanol–water partition coefficient (Wildman–Crippen LogP) is 1.86. The summed E-state index contributed by atoms with van der Waals surface area (Å²) >= 11 is 0. The fourth-order valence-electron chi connectivity index (χ4n) is 2.54. The topological polar surface area (TPSA) is 67.3 Å². The molecule has 1 aliphatic heterocycles. The van der Waals surface area contributed by atoms with Crippen molar-refractivity contribution in [2.45, 2.75) is 32.6 Å². The molecular weight excluding hydrogens is 268 g/mol. The monoisotopic (exact) mass is 292 g/mol. The van der Waals surface area contributed by atoms with E-state index in [1.54, 1.807) is 0 Å². The van der Waals surface area contributed by atoms with E-state index < -0.39 is 5.97 Å². The molecule has 0 saturated carbocycles. The number of hydrogen-bond acceptors (Lipinski definition) is 6. The highest BCUT2D eigenvalue weighted by Crippen LogP contribution is 2.10. The molecule has 6 nitrogen and oxygen atoms in total. The minimum atomic E-state index is -0.505. The molecule has 0 aliphatic carbocycles. The number of esters is 1. The van der Waals surface area contributed by atoms with E-state index in [2.05, 4.69) is 24.9 Å². The molecule has 0 amide bonds. The number of ether oxygens (including phenoxy) is 1. The first-order chi connectivity index (χ1) is 10.2. The Bertz CT molecular complexity index is 471. The van der Waals surface area contributed by atoms with Gasteiger partial charge in [0.15, 0.2) is 0 Å². The largest absolute Gasteiger partial charge is 0.463 e. The van der Waals surface area contributed by atoms with Crippen molar-refractivity contribution < 1.29 is 9.53 Å². The Hall–Kier alpha value is -1.69. The maximum absolute atomic E-state index is 11.5. The molecule has 21 heavy (non-hydrogen) atoms. The van der Waals surface area contributed by atoms with Gasteiger partial charge < -0.3 is 15.0 Å². The van der Waals surface area contributed by atoms with Gasteiger partial charge >= 0.3 is 5.97 Å². The standard InChI is InChI=1S/C15H24N4O2/c1-12-11-13(18-14(17-12)15(20)21-2)16-7-10-19-8-5-3-4-6-9-19/h11H,3-10H2,1-2H3,(H,16,17,18). The predicted molar refractivity (Wildman–Crippen MR) is 81.5 cm³/mol. The molecule has 116 valence electrons. The normalized spacial score (nSPS) is 16.3. The molecule has 6 heteroatoms. The van der Waals surface area contributed by atoms with Crippen molar-refractivity contribution in [1.29, 1.82) is 0 Å². The van der Waals surface area contributed by atoms with E-state index in [1.165, 1.54) is 45.9 Å². The molecular formula is C15H24N4O2. The summed E-state index contributed by atoms with van der Waals surface area (Å²) in [5, 5.41) is 3.27. The van der Waals surface area contributed by atoms with Gasteiger partial charge in [0.2, 0.25) is 5.82 Å². The average molecular weight is 292 g/mol. The van der Waals surface area contributed by atoms with Crippen LogP contribution in [-0.4, -0.2) is 54.1 Å². The number of nitrogens with one attached hydrogen (secondary N) is 1. The van der Waals surface area contributed by atoms with E-state index in [0.717, 1.165) is 18.8 Å². The van der Waals surface area contributed by atoms with Crippen molar-refractivity contribution in [3.63, 3.8) is 0 Å². The van der Waals surface area contributed by atoms with E-state index in [0.29, 0.717) is 5.82 Å². The van der Waals surface area contributed by atoms with E-state index >= 15 is 0 Å². The third kappa shape index (κ3) is 4.97. The van der Waals surface area contributed by atoms with Crippen LogP contribution in [0.25, 0.3) is 0 Å². The summed E-state index contributed by atoms with van der Waals surface area (Å²) in [6, 6.07) is 1.84.